The molecule has 0 radical (unpaired) electrons. The van der Waals surface area contributed by atoms with Gasteiger partial charge < -0.3 is 0 Å². The van der Waals surface area contributed by atoms with E-state index in [-0.39, 0.29) is 5.91 Å². The summed E-state index contributed by atoms with van der Waals surface area (Å²) in [7, 11) is 3.47. The molecule has 1 aromatic carbocycles. The zero-order chi connectivity index (χ0) is 10.6. The van der Waals surface area contributed by atoms with Crippen LogP contribution in [0.4, 0.5) is 0 Å². The number of hydrazine groups is 1. The molecule has 0 unspecified atom stereocenters. The lowest BCUT2D eigenvalue weighted by atomic mass is 10.1. The average molecular weight is 192 g/mol. The Labute approximate surface area is 82.5 Å². The minimum Gasteiger partial charge on any atom is -0.298 e. The molecule has 0 heterocycles. The number of nitrogens with zero attached hydrogens (tertiary/aromatic N) is 1. The van der Waals surface area contributed by atoms with Crippen LogP contribution in [0.2, 0.25) is 0 Å². The lowest BCUT2D eigenvalue weighted by Gasteiger charge is -2.11. The molecule has 14 heavy (non-hydrogen) atoms. The summed E-state index contributed by atoms with van der Waals surface area (Å²) in [6.45, 7) is 0. The van der Waals surface area contributed by atoms with Crippen molar-refractivity contribution in [1.82, 2.24) is 10.4 Å². The van der Waals surface area contributed by atoms with Crippen molar-refractivity contribution < 1.29 is 9.59 Å². The van der Waals surface area contributed by atoms with E-state index in [1.54, 1.807) is 43.4 Å². The smallest absolute Gasteiger partial charge is 0.265 e. The van der Waals surface area contributed by atoms with E-state index in [2.05, 4.69) is 5.43 Å². The van der Waals surface area contributed by atoms with Crippen LogP contribution in [0, 0.1) is 0 Å². The number of benzene rings is 1. The van der Waals surface area contributed by atoms with Gasteiger partial charge in [0, 0.05) is 25.2 Å². The van der Waals surface area contributed by atoms with Gasteiger partial charge in [-0.2, -0.15) is 0 Å². The Balaban J connectivity index is 2.76. The molecule has 74 valence electrons. The molecular formula is C10H12N2O2. The second-order valence-electron chi connectivity index (χ2n) is 3.08. The van der Waals surface area contributed by atoms with Crippen molar-refractivity contribution in [3.05, 3.63) is 35.4 Å². The van der Waals surface area contributed by atoms with Gasteiger partial charge in [0.25, 0.3) is 5.91 Å². The van der Waals surface area contributed by atoms with Gasteiger partial charge in [0.05, 0.1) is 0 Å². The highest BCUT2D eigenvalue weighted by Gasteiger charge is 2.04. The van der Waals surface area contributed by atoms with Crippen LogP contribution in [0.25, 0.3) is 0 Å². The van der Waals surface area contributed by atoms with Crippen molar-refractivity contribution in [3.8, 4) is 0 Å². The maximum atomic E-state index is 11.4. The molecule has 0 aliphatic heterocycles. The van der Waals surface area contributed by atoms with Crippen LogP contribution < -0.4 is 5.43 Å². The fourth-order valence-electron chi connectivity index (χ4n) is 0.981. The molecule has 4 nitrogen and oxygen atoms in total. The molecule has 0 saturated heterocycles. The zero-order valence-corrected chi connectivity index (χ0v) is 8.15. The van der Waals surface area contributed by atoms with Gasteiger partial charge in [-0.25, -0.2) is 5.01 Å². The number of carbonyl (C=O) groups excluding carboxylic acids is 2. The number of rotatable bonds is 3. The molecule has 1 N–H and O–H groups in total. The molecule has 0 aliphatic rings. The van der Waals surface area contributed by atoms with E-state index in [1.165, 1.54) is 0 Å². The van der Waals surface area contributed by atoms with Gasteiger partial charge in [-0.05, 0) is 12.1 Å². The molecule has 0 saturated carbocycles. The fraction of sp³-hybridized carbons (Fsp3) is 0.200. The van der Waals surface area contributed by atoms with Gasteiger partial charge in [-0.3, -0.25) is 15.0 Å². The Morgan fingerprint density at radius 3 is 2.29 bits per heavy atom. The Kier molecular flexibility index (Phi) is 3.36. The van der Waals surface area contributed by atoms with Crippen molar-refractivity contribution in [2.24, 2.45) is 0 Å². The summed E-state index contributed by atoms with van der Waals surface area (Å²) in [4.78, 5) is 21.8. The summed E-state index contributed by atoms with van der Waals surface area (Å²) in [5.74, 6) is -0.188. The number of nitrogens with one attached hydrogen (secondary N) is 1. The summed E-state index contributed by atoms with van der Waals surface area (Å²) in [5, 5.41) is 1.57. The molecular weight excluding hydrogens is 180 g/mol. The highest BCUT2D eigenvalue weighted by atomic mass is 16.2. The van der Waals surface area contributed by atoms with Crippen molar-refractivity contribution in [2.45, 2.75) is 0 Å². The summed E-state index contributed by atoms with van der Waals surface area (Å²) < 4.78 is 0. The molecule has 0 aliphatic carbocycles. The molecule has 1 aromatic rings. The SMILES string of the molecule is CN(C)NC(=O)c1ccc(C=O)cc1. The standard InChI is InChI=1S/C10H12N2O2/c1-12(2)11-10(14)9-5-3-8(7-13)4-6-9/h3-7H,1-2H3,(H,11,14). The van der Waals surface area contributed by atoms with E-state index in [0.717, 1.165) is 6.29 Å². The zero-order valence-electron chi connectivity index (χ0n) is 8.15. The van der Waals surface area contributed by atoms with E-state index in [4.69, 9.17) is 0 Å². The van der Waals surface area contributed by atoms with E-state index in [9.17, 15) is 9.59 Å². The minimum absolute atomic E-state index is 0.188. The third-order valence-corrected chi connectivity index (χ3v) is 1.63. The molecule has 1 amide bonds. The van der Waals surface area contributed by atoms with Crippen LogP contribution in [0.1, 0.15) is 20.7 Å². The van der Waals surface area contributed by atoms with Crippen molar-refractivity contribution in [3.63, 3.8) is 0 Å². The number of hydrogen-bond acceptors (Lipinski definition) is 3. The molecule has 0 spiro atoms. The Bertz CT molecular complexity index is 330. The van der Waals surface area contributed by atoms with Gasteiger partial charge in [-0.15, -0.1) is 0 Å². The van der Waals surface area contributed by atoms with E-state index >= 15 is 0 Å². The minimum atomic E-state index is -0.188. The number of amides is 1. The highest BCUT2D eigenvalue weighted by Crippen LogP contribution is 2.02. The molecule has 0 aromatic heterocycles. The lowest BCUT2D eigenvalue weighted by molar-refractivity contribution is 0.0856. The van der Waals surface area contributed by atoms with Crippen molar-refractivity contribution >= 4 is 12.2 Å². The highest BCUT2D eigenvalue weighted by molar-refractivity contribution is 5.94. The van der Waals surface area contributed by atoms with Gasteiger partial charge in [-0.1, -0.05) is 12.1 Å². The Morgan fingerprint density at radius 1 is 1.29 bits per heavy atom. The van der Waals surface area contributed by atoms with Crippen LogP contribution in [-0.4, -0.2) is 31.3 Å². The monoisotopic (exact) mass is 192 g/mol. The number of carbonyl (C=O) groups is 2. The lowest BCUT2D eigenvalue weighted by Crippen LogP contribution is -2.36. The third kappa shape index (κ3) is 2.67. The first-order valence-corrected chi connectivity index (χ1v) is 4.17. The predicted molar refractivity (Wildman–Crippen MR) is 53.0 cm³/mol. The third-order valence-electron chi connectivity index (χ3n) is 1.63. The second-order valence-corrected chi connectivity index (χ2v) is 3.08. The largest absolute Gasteiger partial charge is 0.298 e. The van der Waals surface area contributed by atoms with Crippen LogP contribution in [0.5, 0.6) is 0 Å². The van der Waals surface area contributed by atoms with E-state index in [0.29, 0.717) is 11.1 Å². The molecule has 0 fully saturated rings. The summed E-state index contributed by atoms with van der Waals surface area (Å²) in [6.07, 6.45) is 0.744. The van der Waals surface area contributed by atoms with Crippen LogP contribution >= 0.6 is 0 Å². The summed E-state index contributed by atoms with van der Waals surface area (Å²) >= 11 is 0. The number of aldehydes is 1. The summed E-state index contributed by atoms with van der Waals surface area (Å²) in [6, 6.07) is 6.44. The summed E-state index contributed by atoms with van der Waals surface area (Å²) in [5.41, 5.74) is 3.70. The predicted octanol–water partition coefficient (Wildman–Crippen LogP) is 0.705. The Hall–Kier alpha value is -1.68. The van der Waals surface area contributed by atoms with Gasteiger partial charge in [0.2, 0.25) is 0 Å². The van der Waals surface area contributed by atoms with Crippen LogP contribution in [-0.2, 0) is 0 Å². The quantitative estimate of drug-likeness (QED) is 0.566. The van der Waals surface area contributed by atoms with Gasteiger partial charge in [0.15, 0.2) is 0 Å². The average Bonchev–Trinajstić information content (AvgIpc) is 2.17. The topological polar surface area (TPSA) is 49.4 Å². The number of hydrogen-bond donors (Lipinski definition) is 1. The fourth-order valence-corrected chi connectivity index (χ4v) is 0.981. The first-order chi connectivity index (χ1) is 6.63. The first-order valence-electron chi connectivity index (χ1n) is 4.17. The van der Waals surface area contributed by atoms with Crippen LogP contribution in [0.15, 0.2) is 24.3 Å². The van der Waals surface area contributed by atoms with Crippen molar-refractivity contribution in [1.29, 1.82) is 0 Å². The maximum Gasteiger partial charge on any atom is 0.265 e. The molecule has 0 bridgehead atoms. The molecule has 4 heteroatoms. The van der Waals surface area contributed by atoms with Crippen LogP contribution in [0.3, 0.4) is 0 Å². The van der Waals surface area contributed by atoms with Gasteiger partial charge in [0.1, 0.15) is 6.29 Å². The normalized spacial score (nSPS) is 9.93. The van der Waals surface area contributed by atoms with E-state index in [1.807, 2.05) is 0 Å². The first kappa shape index (κ1) is 10.4. The maximum absolute atomic E-state index is 11.4. The molecule has 1 rings (SSSR count). The van der Waals surface area contributed by atoms with Gasteiger partial charge >= 0.3 is 0 Å². The Morgan fingerprint density at radius 2 is 1.86 bits per heavy atom. The van der Waals surface area contributed by atoms with Crippen molar-refractivity contribution in [2.75, 3.05) is 14.1 Å². The van der Waals surface area contributed by atoms with E-state index < -0.39 is 0 Å². The second kappa shape index (κ2) is 4.53. The molecule has 0 atom stereocenters.